The maximum absolute atomic E-state index is 9.62. The molecule has 20 heavy (non-hydrogen) atoms. The molecule has 0 spiro atoms. The van der Waals surface area contributed by atoms with Gasteiger partial charge in [-0.05, 0) is 23.8 Å². The molecular formula is C14H14BClO4. The number of hydrogen-bond acceptors (Lipinski definition) is 4. The second-order valence-electron chi connectivity index (χ2n) is 4.11. The summed E-state index contributed by atoms with van der Waals surface area (Å²) >= 11 is 6.23. The first-order valence-corrected chi connectivity index (χ1v) is 6.33. The Morgan fingerprint density at radius 3 is 2.15 bits per heavy atom. The van der Waals surface area contributed by atoms with Crippen LogP contribution in [0.1, 0.15) is 0 Å². The average Bonchev–Trinajstić information content (AvgIpc) is 2.45. The van der Waals surface area contributed by atoms with E-state index in [0.29, 0.717) is 27.6 Å². The number of benzene rings is 2. The van der Waals surface area contributed by atoms with Crippen molar-refractivity contribution >= 4 is 24.2 Å². The second kappa shape index (κ2) is 6.18. The minimum Gasteiger partial charge on any atom is -0.497 e. The van der Waals surface area contributed by atoms with Gasteiger partial charge < -0.3 is 19.5 Å². The molecule has 0 fully saturated rings. The molecule has 2 aromatic carbocycles. The summed E-state index contributed by atoms with van der Waals surface area (Å²) in [5.74, 6) is 0.923. The first-order chi connectivity index (χ1) is 9.60. The highest BCUT2D eigenvalue weighted by molar-refractivity contribution is 6.62. The van der Waals surface area contributed by atoms with Gasteiger partial charge in [0.15, 0.2) is 0 Å². The Balaban J connectivity index is 2.76. The van der Waals surface area contributed by atoms with Crippen molar-refractivity contribution in [2.75, 3.05) is 14.2 Å². The van der Waals surface area contributed by atoms with Gasteiger partial charge in [0.2, 0.25) is 0 Å². The summed E-state index contributed by atoms with van der Waals surface area (Å²) in [5, 5.41) is 19.7. The minimum absolute atomic E-state index is 0.251. The third kappa shape index (κ3) is 2.61. The smallest absolute Gasteiger partial charge is 0.492 e. The van der Waals surface area contributed by atoms with Crippen molar-refractivity contribution < 1.29 is 19.5 Å². The predicted molar refractivity (Wildman–Crippen MR) is 79.8 cm³/mol. The Hall–Kier alpha value is -1.69. The molecule has 0 heterocycles. The highest BCUT2D eigenvalue weighted by atomic mass is 35.5. The molecule has 0 atom stereocenters. The van der Waals surface area contributed by atoms with E-state index in [9.17, 15) is 10.0 Å². The SMILES string of the molecule is COc1cccc(-c2c(Cl)cccc2OC)c1B(O)O. The van der Waals surface area contributed by atoms with Crippen LogP contribution < -0.4 is 14.9 Å². The lowest BCUT2D eigenvalue weighted by atomic mass is 9.74. The van der Waals surface area contributed by atoms with Crippen LogP contribution in [0, 0.1) is 0 Å². The Morgan fingerprint density at radius 2 is 1.55 bits per heavy atom. The van der Waals surface area contributed by atoms with Gasteiger partial charge in [-0.25, -0.2) is 0 Å². The van der Waals surface area contributed by atoms with Crippen LogP contribution in [0.5, 0.6) is 11.5 Å². The lowest BCUT2D eigenvalue weighted by Crippen LogP contribution is -2.33. The summed E-state index contributed by atoms with van der Waals surface area (Å²) in [6, 6.07) is 10.4. The van der Waals surface area contributed by atoms with E-state index in [0.717, 1.165) is 0 Å². The van der Waals surface area contributed by atoms with Gasteiger partial charge in [-0.15, -0.1) is 0 Å². The monoisotopic (exact) mass is 292 g/mol. The maximum atomic E-state index is 9.62. The Morgan fingerprint density at radius 1 is 0.950 bits per heavy atom. The zero-order valence-corrected chi connectivity index (χ0v) is 11.9. The van der Waals surface area contributed by atoms with Gasteiger partial charge in [0, 0.05) is 11.0 Å². The minimum atomic E-state index is -1.68. The molecule has 2 N–H and O–H groups in total. The van der Waals surface area contributed by atoms with Gasteiger partial charge >= 0.3 is 7.12 Å². The zero-order chi connectivity index (χ0) is 14.7. The molecule has 2 aromatic rings. The van der Waals surface area contributed by atoms with Crippen molar-refractivity contribution in [3.63, 3.8) is 0 Å². The highest BCUT2D eigenvalue weighted by Gasteiger charge is 2.24. The fraction of sp³-hybridized carbons (Fsp3) is 0.143. The molecule has 0 aliphatic rings. The third-order valence-electron chi connectivity index (χ3n) is 3.01. The third-order valence-corrected chi connectivity index (χ3v) is 3.32. The number of hydrogen-bond donors (Lipinski definition) is 2. The fourth-order valence-electron chi connectivity index (χ4n) is 2.14. The van der Waals surface area contributed by atoms with E-state index in [-0.39, 0.29) is 5.46 Å². The molecule has 4 nitrogen and oxygen atoms in total. The average molecular weight is 293 g/mol. The molecule has 0 aliphatic carbocycles. The van der Waals surface area contributed by atoms with Crippen LogP contribution >= 0.6 is 11.6 Å². The summed E-state index contributed by atoms with van der Waals surface area (Å²) in [5.41, 5.74) is 1.40. The summed E-state index contributed by atoms with van der Waals surface area (Å²) < 4.78 is 10.5. The summed E-state index contributed by atoms with van der Waals surface area (Å²) in [4.78, 5) is 0. The summed E-state index contributed by atoms with van der Waals surface area (Å²) in [7, 11) is 1.32. The van der Waals surface area contributed by atoms with E-state index in [1.807, 2.05) is 0 Å². The van der Waals surface area contributed by atoms with Gasteiger partial charge in [0.05, 0.1) is 19.2 Å². The van der Waals surface area contributed by atoms with E-state index in [1.54, 1.807) is 36.4 Å². The summed E-state index contributed by atoms with van der Waals surface area (Å²) in [6.45, 7) is 0. The van der Waals surface area contributed by atoms with Gasteiger partial charge in [0.25, 0.3) is 0 Å². The molecule has 104 valence electrons. The molecule has 0 saturated carbocycles. The molecule has 0 radical (unpaired) electrons. The molecule has 0 unspecified atom stereocenters. The van der Waals surface area contributed by atoms with Crippen molar-refractivity contribution in [1.82, 2.24) is 0 Å². The lowest BCUT2D eigenvalue weighted by Gasteiger charge is -2.16. The standard InChI is InChI=1S/C14H14BClO4/c1-19-11-7-4-6-10(16)13(11)9-5-3-8-12(20-2)14(9)15(17)18/h3-8,17-18H,1-2H3. The zero-order valence-electron chi connectivity index (χ0n) is 11.1. The van der Waals surface area contributed by atoms with E-state index >= 15 is 0 Å². The van der Waals surface area contributed by atoms with Gasteiger partial charge in [-0.3, -0.25) is 0 Å². The van der Waals surface area contributed by atoms with E-state index in [1.165, 1.54) is 14.2 Å². The van der Waals surface area contributed by atoms with Crippen molar-refractivity contribution in [1.29, 1.82) is 0 Å². The fourth-order valence-corrected chi connectivity index (χ4v) is 2.41. The molecule has 0 amide bonds. The quantitative estimate of drug-likeness (QED) is 0.842. The maximum Gasteiger partial charge on any atom is 0.492 e. The van der Waals surface area contributed by atoms with Crippen LogP contribution in [0.4, 0.5) is 0 Å². The Labute approximate surface area is 122 Å². The van der Waals surface area contributed by atoms with Crippen molar-refractivity contribution in [3.8, 4) is 22.6 Å². The Kier molecular flexibility index (Phi) is 4.55. The van der Waals surface area contributed by atoms with E-state index < -0.39 is 7.12 Å². The largest absolute Gasteiger partial charge is 0.497 e. The highest BCUT2D eigenvalue weighted by Crippen LogP contribution is 2.36. The molecule has 0 saturated heterocycles. The van der Waals surface area contributed by atoms with Crippen molar-refractivity contribution in [2.45, 2.75) is 0 Å². The molecule has 2 rings (SSSR count). The van der Waals surface area contributed by atoms with Crippen LogP contribution in [-0.4, -0.2) is 31.4 Å². The van der Waals surface area contributed by atoms with Gasteiger partial charge in [0.1, 0.15) is 11.5 Å². The molecule has 6 heteroatoms. The van der Waals surface area contributed by atoms with Crippen molar-refractivity contribution in [2.24, 2.45) is 0 Å². The van der Waals surface area contributed by atoms with Crippen LogP contribution in [0.25, 0.3) is 11.1 Å². The topological polar surface area (TPSA) is 58.9 Å². The first-order valence-electron chi connectivity index (χ1n) is 5.96. The molecule has 0 aliphatic heterocycles. The number of rotatable bonds is 4. The first kappa shape index (κ1) is 14.7. The van der Waals surface area contributed by atoms with Gasteiger partial charge in [-0.2, -0.15) is 0 Å². The van der Waals surface area contributed by atoms with Gasteiger partial charge in [-0.1, -0.05) is 29.8 Å². The normalized spacial score (nSPS) is 10.2. The van der Waals surface area contributed by atoms with E-state index in [4.69, 9.17) is 21.1 Å². The predicted octanol–water partition coefficient (Wildman–Crippen LogP) is 1.70. The molecule has 0 aromatic heterocycles. The number of ether oxygens (including phenoxy) is 2. The second-order valence-corrected chi connectivity index (χ2v) is 4.52. The number of methoxy groups -OCH3 is 2. The lowest BCUT2D eigenvalue weighted by molar-refractivity contribution is 0.403. The molecule has 0 bridgehead atoms. The summed E-state index contributed by atoms with van der Waals surface area (Å²) in [6.07, 6.45) is 0. The van der Waals surface area contributed by atoms with Crippen molar-refractivity contribution in [3.05, 3.63) is 41.4 Å². The number of halogens is 1. The van der Waals surface area contributed by atoms with Crippen LogP contribution in [0.3, 0.4) is 0 Å². The molecular weight excluding hydrogens is 278 g/mol. The van der Waals surface area contributed by atoms with Crippen LogP contribution in [-0.2, 0) is 0 Å². The van der Waals surface area contributed by atoms with Crippen LogP contribution in [0.15, 0.2) is 36.4 Å². The van der Waals surface area contributed by atoms with E-state index in [2.05, 4.69) is 0 Å². The Bertz CT molecular complexity index is 616. The van der Waals surface area contributed by atoms with Crippen LogP contribution in [0.2, 0.25) is 5.02 Å².